The fourth-order valence-corrected chi connectivity index (χ4v) is 4.67. The van der Waals surface area contributed by atoms with Crippen LogP contribution in [0.5, 0.6) is 0 Å². The van der Waals surface area contributed by atoms with Gasteiger partial charge in [-0.1, -0.05) is 18.2 Å². The highest BCUT2D eigenvalue weighted by atomic mass is 32.1. The Morgan fingerprint density at radius 2 is 1.96 bits per heavy atom. The Hall–Kier alpha value is -2.51. The maximum absolute atomic E-state index is 5.98. The van der Waals surface area contributed by atoms with Gasteiger partial charge in [-0.05, 0) is 57.5 Å². The zero-order valence-corrected chi connectivity index (χ0v) is 16.4. The molecule has 2 atom stereocenters. The molecule has 1 aliphatic rings. The van der Waals surface area contributed by atoms with Crippen LogP contribution in [0.1, 0.15) is 47.4 Å². The molecule has 0 bridgehead atoms. The molecule has 3 N–H and O–H groups in total. The lowest BCUT2D eigenvalue weighted by atomic mass is 10.1. The van der Waals surface area contributed by atoms with Crippen LogP contribution < -0.4 is 11.1 Å². The van der Waals surface area contributed by atoms with Gasteiger partial charge in [-0.25, -0.2) is 0 Å². The highest BCUT2D eigenvalue weighted by Gasteiger charge is 2.32. The minimum absolute atomic E-state index is 0.0709. The summed E-state index contributed by atoms with van der Waals surface area (Å²) in [5.74, 6) is 1.44. The van der Waals surface area contributed by atoms with Crippen LogP contribution in [0.3, 0.4) is 0 Å². The Bertz CT molecular complexity index is 910. The van der Waals surface area contributed by atoms with Crippen LogP contribution in [-0.2, 0) is 0 Å². The van der Waals surface area contributed by atoms with Crippen molar-refractivity contribution in [2.75, 3.05) is 17.6 Å². The third kappa shape index (κ3) is 3.94. The van der Waals surface area contributed by atoms with Crippen LogP contribution >= 0.6 is 11.3 Å². The summed E-state index contributed by atoms with van der Waals surface area (Å²) in [6, 6.07) is 14.8. The number of rotatable bonds is 5. The molecule has 0 amide bonds. The molecule has 0 saturated carbocycles. The lowest BCUT2D eigenvalue weighted by molar-refractivity contribution is 0.189. The predicted octanol–water partition coefficient (Wildman–Crippen LogP) is 4.47. The Morgan fingerprint density at radius 3 is 2.70 bits per heavy atom. The Kier molecular flexibility index (Phi) is 5.05. The minimum atomic E-state index is 0.0709. The summed E-state index contributed by atoms with van der Waals surface area (Å²) in [6.45, 7) is 5.35. The van der Waals surface area contributed by atoms with Crippen LogP contribution in [0, 0.1) is 6.92 Å². The van der Waals surface area contributed by atoms with Crippen molar-refractivity contribution in [1.82, 2.24) is 19.9 Å². The predicted molar refractivity (Wildman–Crippen MR) is 110 cm³/mol. The summed E-state index contributed by atoms with van der Waals surface area (Å²) < 4.78 is 0. The first kappa shape index (κ1) is 17.9. The number of benzene rings is 1. The van der Waals surface area contributed by atoms with E-state index in [4.69, 9.17) is 5.73 Å². The Balaban J connectivity index is 1.58. The van der Waals surface area contributed by atoms with Crippen molar-refractivity contribution in [3.8, 4) is 0 Å². The molecule has 6 nitrogen and oxygen atoms in total. The highest BCUT2D eigenvalue weighted by Crippen LogP contribution is 2.40. The number of para-hydroxylation sites is 1. The van der Waals surface area contributed by atoms with E-state index in [9.17, 15) is 0 Å². The summed E-state index contributed by atoms with van der Waals surface area (Å²) in [7, 11) is 0. The van der Waals surface area contributed by atoms with Gasteiger partial charge in [-0.2, -0.15) is 15.0 Å². The normalized spacial score (nSPS) is 18.5. The van der Waals surface area contributed by atoms with Crippen molar-refractivity contribution in [2.45, 2.75) is 38.8 Å². The fourth-order valence-electron chi connectivity index (χ4n) is 3.64. The fraction of sp³-hybridized carbons (Fsp3) is 0.350. The van der Waals surface area contributed by atoms with Crippen LogP contribution in [0.15, 0.2) is 42.5 Å². The second kappa shape index (κ2) is 7.62. The van der Waals surface area contributed by atoms with Crippen molar-refractivity contribution < 1.29 is 0 Å². The number of nitrogens with zero attached hydrogens (tertiary/aromatic N) is 4. The second-order valence-electron chi connectivity index (χ2n) is 6.89. The van der Waals surface area contributed by atoms with Gasteiger partial charge >= 0.3 is 0 Å². The van der Waals surface area contributed by atoms with Gasteiger partial charge < -0.3 is 11.1 Å². The van der Waals surface area contributed by atoms with Crippen molar-refractivity contribution in [3.05, 3.63) is 58.0 Å². The minimum Gasteiger partial charge on any atom is -0.368 e. The van der Waals surface area contributed by atoms with Gasteiger partial charge in [0.2, 0.25) is 11.9 Å². The lowest BCUT2D eigenvalue weighted by Gasteiger charge is -2.29. The third-order valence-corrected chi connectivity index (χ3v) is 6.06. The molecule has 3 aromatic rings. The molecule has 1 aromatic carbocycles. The first-order valence-corrected chi connectivity index (χ1v) is 10.1. The van der Waals surface area contributed by atoms with E-state index in [0.717, 1.165) is 12.2 Å². The molecule has 2 aromatic heterocycles. The monoisotopic (exact) mass is 380 g/mol. The molecule has 4 rings (SSSR count). The van der Waals surface area contributed by atoms with Gasteiger partial charge in [-0.3, -0.25) is 4.90 Å². The average molecular weight is 381 g/mol. The Labute approximate surface area is 163 Å². The number of nitrogen functional groups attached to an aromatic ring is 1. The van der Waals surface area contributed by atoms with E-state index in [1.165, 1.54) is 22.6 Å². The molecule has 0 aliphatic carbocycles. The van der Waals surface area contributed by atoms with Gasteiger partial charge in [0, 0.05) is 21.5 Å². The molecular formula is C20H24N6S. The van der Waals surface area contributed by atoms with Gasteiger partial charge in [-0.15, -0.1) is 11.3 Å². The summed E-state index contributed by atoms with van der Waals surface area (Å²) in [5, 5.41) is 3.22. The number of nitrogens with two attached hydrogens (primary N) is 1. The SMILES string of the molecule is Cc1ccc(C2CCCN2C(C)c2nc(N)nc(Nc3ccccc3)n2)s1. The maximum atomic E-state index is 5.98. The Morgan fingerprint density at radius 1 is 1.15 bits per heavy atom. The average Bonchev–Trinajstić information content (AvgIpc) is 3.30. The zero-order valence-electron chi connectivity index (χ0n) is 15.6. The third-order valence-electron chi connectivity index (χ3n) is 4.95. The standard InChI is InChI=1S/C20H24N6S/c1-13-10-11-17(27-13)16-9-6-12-26(16)14(2)18-23-19(21)25-20(24-18)22-15-7-4-3-5-8-15/h3-5,7-8,10-11,14,16H,6,9,12H2,1-2H3,(H3,21,22,23,24,25). The molecule has 7 heteroatoms. The number of hydrogen-bond donors (Lipinski definition) is 2. The van der Waals surface area contributed by atoms with E-state index in [1.807, 2.05) is 41.7 Å². The van der Waals surface area contributed by atoms with Crippen LogP contribution in [-0.4, -0.2) is 26.4 Å². The number of nitrogens with one attached hydrogen (secondary N) is 1. The van der Waals surface area contributed by atoms with Gasteiger partial charge in [0.1, 0.15) is 0 Å². The largest absolute Gasteiger partial charge is 0.368 e. The summed E-state index contributed by atoms with van der Waals surface area (Å²) in [5.41, 5.74) is 6.91. The van der Waals surface area contributed by atoms with E-state index in [2.05, 4.69) is 51.1 Å². The maximum Gasteiger partial charge on any atom is 0.232 e. The van der Waals surface area contributed by atoms with Crippen molar-refractivity contribution in [2.24, 2.45) is 0 Å². The number of hydrogen-bond acceptors (Lipinski definition) is 7. The molecule has 27 heavy (non-hydrogen) atoms. The molecule has 3 heterocycles. The molecule has 140 valence electrons. The zero-order chi connectivity index (χ0) is 18.8. The summed E-state index contributed by atoms with van der Waals surface area (Å²) >= 11 is 1.88. The molecule has 1 aliphatic heterocycles. The number of aryl methyl sites for hydroxylation is 1. The number of thiophene rings is 1. The highest BCUT2D eigenvalue weighted by molar-refractivity contribution is 7.12. The van der Waals surface area contributed by atoms with E-state index >= 15 is 0 Å². The van der Waals surface area contributed by atoms with Crippen LogP contribution in [0.25, 0.3) is 0 Å². The molecule has 0 radical (unpaired) electrons. The van der Waals surface area contributed by atoms with Gasteiger partial charge in [0.25, 0.3) is 0 Å². The van der Waals surface area contributed by atoms with Gasteiger partial charge in [0.15, 0.2) is 5.82 Å². The summed E-state index contributed by atoms with van der Waals surface area (Å²) in [4.78, 5) is 18.6. The van der Waals surface area contributed by atoms with Crippen LogP contribution in [0.2, 0.25) is 0 Å². The molecule has 1 saturated heterocycles. The first-order valence-electron chi connectivity index (χ1n) is 9.26. The second-order valence-corrected chi connectivity index (χ2v) is 8.21. The first-order chi connectivity index (χ1) is 13.1. The summed E-state index contributed by atoms with van der Waals surface area (Å²) in [6.07, 6.45) is 2.35. The van der Waals surface area contributed by atoms with E-state index in [1.54, 1.807) is 0 Å². The number of likely N-dealkylation sites (tertiary alicyclic amines) is 1. The molecule has 1 fully saturated rings. The smallest absolute Gasteiger partial charge is 0.232 e. The topological polar surface area (TPSA) is 80.0 Å². The van der Waals surface area contributed by atoms with E-state index in [0.29, 0.717) is 17.8 Å². The van der Waals surface area contributed by atoms with E-state index < -0.39 is 0 Å². The molecule has 0 spiro atoms. The lowest BCUT2D eigenvalue weighted by Crippen LogP contribution is -2.28. The number of anilines is 3. The van der Waals surface area contributed by atoms with Crippen molar-refractivity contribution in [3.63, 3.8) is 0 Å². The van der Waals surface area contributed by atoms with Gasteiger partial charge in [0.05, 0.1) is 6.04 Å². The van der Waals surface area contributed by atoms with Crippen molar-refractivity contribution >= 4 is 28.9 Å². The van der Waals surface area contributed by atoms with E-state index in [-0.39, 0.29) is 12.0 Å². The van der Waals surface area contributed by atoms with Crippen molar-refractivity contribution in [1.29, 1.82) is 0 Å². The number of aromatic nitrogens is 3. The molecule has 2 unspecified atom stereocenters. The molecular weight excluding hydrogens is 356 g/mol. The quantitative estimate of drug-likeness (QED) is 0.680. The van der Waals surface area contributed by atoms with Crippen LogP contribution in [0.4, 0.5) is 17.6 Å².